The summed E-state index contributed by atoms with van der Waals surface area (Å²) in [6, 6.07) is 8.37. The second kappa shape index (κ2) is 5.00. The van der Waals surface area contributed by atoms with Crippen LogP contribution in [0.15, 0.2) is 29.6 Å². The van der Waals surface area contributed by atoms with Gasteiger partial charge in [0.2, 0.25) is 0 Å². The van der Waals surface area contributed by atoms with Gasteiger partial charge in [0, 0.05) is 11.1 Å². The molecule has 96 valence electrons. The predicted molar refractivity (Wildman–Crippen MR) is 75.1 cm³/mol. The van der Waals surface area contributed by atoms with Crippen LogP contribution in [0.4, 0.5) is 0 Å². The van der Waals surface area contributed by atoms with Crippen LogP contribution >= 0.6 is 11.3 Å². The highest BCUT2D eigenvalue weighted by Crippen LogP contribution is 2.29. The molecule has 3 heteroatoms. The first-order chi connectivity index (χ1) is 8.74. The van der Waals surface area contributed by atoms with E-state index in [2.05, 4.69) is 36.6 Å². The van der Waals surface area contributed by atoms with Crippen molar-refractivity contribution >= 4 is 21.4 Å². The summed E-state index contributed by atoms with van der Waals surface area (Å²) in [6.45, 7) is 2.08. The van der Waals surface area contributed by atoms with E-state index in [-0.39, 0.29) is 12.2 Å². The summed E-state index contributed by atoms with van der Waals surface area (Å²) in [5.74, 6) is 0. The third-order valence-electron chi connectivity index (χ3n) is 3.68. The fourth-order valence-electron chi connectivity index (χ4n) is 2.66. The van der Waals surface area contributed by atoms with Crippen LogP contribution in [0.25, 0.3) is 10.1 Å². The molecule has 2 nitrogen and oxygen atoms in total. The number of rotatable bonds is 3. The maximum atomic E-state index is 10.3. The number of thiophene rings is 1. The average Bonchev–Trinajstić information content (AvgIpc) is 2.97. The fraction of sp³-hybridized carbons (Fsp3) is 0.467. The van der Waals surface area contributed by atoms with Gasteiger partial charge in [-0.3, -0.25) is 0 Å². The minimum atomic E-state index is -0.382. The van der Waals surface area contributed by atoms with Gasteiger partial charge >= 0.3 is 0 Å². The Labute approximate surface area is 111 Å². The van der Waals surface area contributed by atoms with Crippen LogP contribution in [0, 0.1) is 0 Å². The van der Waals surface area contributed by atoms with Crippen LogP contribution in [-0.2, 0) is 11.2 Å². The Morgan fingerprint density at radius 1 is 1.39 bits per heavy atom. The number of ether oxygens (including phenoxy) is 1. The molecule has 1 fully saturated rings. The second-order valence-corrected chi connectivity index (χ2v) is 6.00. The molecule has 0 spiro atoms. The van der Waals surface area contributed by atoms with E-state index in [1.165, 1.54) is 15.6 Å². The molecule has 1 saturated heterocycles. The Morgan fingerprint density at radius 2 is 2.22 bits per heavy atom. The van der Waals surface area contributed by atoms with Crippen molar-refractivity contribution < 1.29 is 9.84 Å². The van der Waals surface area contributed by atoms with Gasteiger partial charge in [-0.15, -0.1) is 11.3 Å². The van der Waals surface area contributed by atoms with Gasteiger partial charge in [0.05, 0.1) is 18.3 Å². The summed E-state index contributed by atoms with van der Waals surface area (Å²) >= 11 is 1.75. The molecule has 1 aliphatic rings. The van der Waals surface area contributed by atoms with Gasteiger partial charge in [0.1, 0.15) is 0 Å². The smallest absolute Gasteiger partial charge is 0.0842 e. The zero-order valence-corrected chi connectivity index (χ0v) is 11.3. The van der Waals surface area contributed by atoms with Crippen molar-refractivity contribution in [2.24, 2.45) is 0 Å². The first-order valence-electron chi connectivity index (χ1n) is 6.52. The molecule has 1 aliphatic heterocycles. The molecule has 0 bridgehead atoms. The fourth-order valence-corrected chi connectivity index (χ4v) is 3.64. The molecule has 1 N–H and O–H groups in total. The first-order valence-corrected chi connectivity index (χ1v) is 7.40. The quantitative estimate of drug-likeness (QED) is 0.919. The van der Waals surface area contributed by atoms with Crippen molar-refractivity contribution in [3.05, 3.63) is 35.2 Å². The van der Waals surface area contributed by atoms with E-state index in [0.717, 1.165) is 12.8 Å². The lowest BCUT2D eigenvalue weighted by atomic mass is 10.0. The van der Waals surface area contributed by atoms with Gasteiger partial charge in [-0.05, 0) is 42.2 Å². The lowest BCUT2D eigenvalue weighted by Crippen LogP contribution is -2.28. The molecule has 1 aromatic heterocycles. The number of benzene rings is 1. The molecule has 0 aliphatic carbocycles. The summed E-state index contributed by atoms with van der Waals surface area (Å²) in [4.78, 5) is 0. The Balaban J connectivity index is 1.76. The normalized spacial score (nSPS) is 25.7. The Morgan fingerprint density at radius 3 is 3.00 bits per heavy atom. The lowest BCUT2D eigenvalue weighted by Gasteiger charge is -2.18. The largest absolute Gasteiger partial charge is 0.390 e. The highest BCUT2D eigenvalue weighted by atomic mass is 32.1. The van der Waals surface area contributed by atoms with Crippen molar-refractivity contribution in [2.75, 3.05) is 0 Å². The molecular formula is C15H18O2S. The SMILES string of the molecule is CC1CCC(C(O)Cc2csc3ccccc23)O1. The summed E-state index contributed by atoms with van der Waals surface area (Å²) in [6.07, 6.45) is 2.66. The molecule has 2 heterocycles. The molecule has 3 atom stereocenters. The number of hydrogen-bond acceptors (Lipinski definition) is 3. The molecular weight excluding hydrogens is 244 g/mol. The second-order valence-electron chi connectivity index (χ2n) is 5.09. The van der Waals surface area contributed by atoms with E-state index >= 15 is 0 Å². The Bertz CT molecular complexity index is 534. The van der Waals surface area contributed by atoms with Gasteiger partial charge < -0.3 is 9.84 Å². The van der Waals surface area contributed by atoms with Crippen molar-refractivity contribution in [3.8, 4) is 0 Å². The minimum absolute atomic E-state index is 0.0127. The highest BCUT2D eigenvalue weighted by molar-refractivity contribution is 7.17. The van der Waals surface area contributed by atoms with E-state index in [1.54, 1.807) is 11.3 Å². The van der Waals surface area contributed by atoms with Crippen LogP contribution in [0.5, 0.6) is 0 Å². The standard InChI is InChI=1S/C15H18O2S/c1-10-6-7-14(17-10)13(16)8-11-9-18-15-5-3-2-4-12(11)15/h2-5,9-10,13-14,16H,6-8H2,1H3. The van der Waals surface area contributed by atoms with Crippen molar-refractivity contribution in [2.45, 2.75) is 44.5 Å². The van der Waals surface area contributed by atoms with Crippen LogP contribution in [-0.4, -0.2) is 23.4 Å². The molecule has 3 rings (SSSR count). The van der Waals surface area contributed by atoms with Crippen molar-refractivity contribution in [3.63, 3.8) is 0 Å². The predicted octanol–water partition coefficient (Wildman–Crippen LogP) is 3.37. The molecule has 0 radical (unpaired) electrons. The van der Waals surface area contributed by atoms with Crippen LogP contribution in [0.2, 0.25) is 0 Å². The summed E-state index contributed by atoms with van der Waals surface area (Å²) in [5, 5.41) is 13.7. The van der Waals surface area contributed by atoms with Gasteiger partial charge in [0.15, 0.2) is 0 Å². The Hall–Kier alpha value is -0.900. The van der Waals surface area contributed by atoms with E-state index in [0.29, 0.717) is 12.5 Å². The third-order valence-corrected chi connectivity index (χ3v) is 4.70. The highest BCUT2D eigenvalue weighted by Gasteiger charge is 2.28. The zero-order chi connectivity index (χ0) is 12.5. The van der Waals surface area contributed by atoms with Gasteiger partial charge in [-0.2, -0.15) is 0 Å². The van der Waals surface area contributed by atoms with Crippen molar-refractivity contribution in [1.82, 2.24) is 0 Å². The average molecular weight is 262 g/mol. The van der Waals surface area contributed by atoms with Crippen molar-refractivity contribution in [1.29, 1.82) is 0 Å². The summed E-state index contributed by atoms with van der Waals surface area (Å²) in [7, 11) is 0. The third kappa shape index (κ3) is 2.30. The lowest BCUT2D eigenvalue weighted by molar-refractivity contribution is -0.0277. The molecule has 0 amide bonds. The maximum absolute atomic E-state index is 10.3. The topological polar surface area (TPSA) is 29.5 Å². The Kier molecular flexibility index (Phi) is 3.37. The van der Waals surface area contributed by atoms with Gasteiger partial charge in [-0.25, -0.2) is 0 Å². The summed E-state index contributed by atoms with van der Waals surface area (Å²) in [5.41, 5.74) is 1.24. The number of aliphatic hydroxyl groups excluding tert-OH is 1. The molecule has 0 saturated carbocycles. The molecule has 3 unspecified atom stereocenters. The van der Waals surface area contributed by atoms with Crippen LogP contribution < -0.4 is 0 Å². The first kappa shape index (κ1) is 12.2. The van der Waals surface area contributed by atoms with E-state index in [9.17, 15) is 5.11 Å². The minimum Gasteiger partial charge on any atom is -0.390 e. The van der Waals surface area contributed by atoms with Gasteiger partial charge in [0.25, 0.3) is 0 Å². The number of hydrogen-bond donors (Lipinski definition) is 1. The molecule has 2 aromatic rings. The number of aliphatic hydroxyl groups is 1. The van der Waals surface area contributed by atoms with Gasteiger partial charge in [-0.1, -0.05) is 18.2 Å². The molecule has 1 aromatic carbocycles. The van der Waals surface area contributed by atoms with E-state index in [4.69, 9.17) is 4.74 Å². The van der Waals surface area contributed by atoms with E-state index < -0.39 is 0 Å². The van der Waals surface area contributed by atoms with E-state index in [1.807, 2.05) is 0 Å². The van der Waals surface area contributed by atoms with Crippen LogP contribution in [0.3, 0.4) is 0 Å². The summed E-state index contributed by atoms with van der Waals surface area (Å²) < 4.78 is 7.03. The number of fused-ring (bicyclic) bond motifs is 1. The zero-order valence-electron chi connectivity index (χ0n) is 10.5. The van der Waals surface area contributed by atoms with Crippen LogP contribution in [0.1, 0.15) is 25.3 Å². The molecule has 18 heavy (non-hydrogen) atoms. The maximum Gasteiger partial charge on any atom is 0.0842 e. The monoisotopic (exact) mass is 262 g/mol.